The van der Waals surface area contributed by atoms with Crippen molar-refractivity contribution in [3.05, 3.63) is 35.9 Å². The summed E-state index contributed by atoms with van der Waals surface area (Å²) in [6, 6.07) is 9.15. The number of carbonyl (C=O) groups is 1. The van der Waals surface area contributed by atoms with E-state index in [0.717, 1.165) is 31.5 Å². The highest BCUT2D eigenvalue weighted by atomic mass is 32.2. The van der Waals surface area contributed by atoms with Crippen LogP contribution in [0.1, 0.15) is 18.4 Å². The first-order valence-corrected chi connectivity index (χ1v) is 11.2. The van der Waals surface area contributed by atoms with Gasteiger partial charge in [0, 0.05) is 46.4 Å². The minimum absolute atomic E-state index is 0.0288. The maximum atomic E-state index is 12.8. The number of hydrogen-bond donors (Lipinski definition) is 0. The van der Waals surface area contributed by atoms with Crippen molar-refractivity contribution >= 4 is 15.9 Å². The number of likely N-dealkylation sites (tertiary alicyclic amines) is 1. The summed E-state index contributed by atoms with van der Waals surface area (Å²) in [5, 5.41) is 0. The summed E-state index contributed by atoms with van der Waals surface area (Å²) in [4.78, 5) is 16.6. The molecule has 0 aromatic heterocycles. The van der Waals surface area contributed by atoms with Gasteiger partial charge in [-0.2, -0.15) is 0 Å². The monoisotopic (exact) mass is 395 g/mol. The number of benzene rings is 1. The second-order valence-corrected chi connectivity index (χ2v) is 9.12. The van der Waals surface area contributed by atoms with Crippen LogP contribution in [-0.4, -0.2) is 87.5 Å². The van der Waals surface area contributed by atoms with Crippen molar-refractivity contribution < 1.29 is 17.9 Å². The third-order valence-electron chi connectivity index (χ3n) is 5.35. The Balaban J connectivity index is 1.58. The number of ether oxygens (including phenoxy) is 1. The van der Waals surface area contributed by atoms with Crippen LogP contribution in [0.3, 0.4) is 0 Å². The molecule has 7 nitrogen and oxygen atoms in total. The van der Waals surface area contributed by atoms with Gasteiger partial charge in [0.25, 0.3) is 0 Å². The van der Waals surface area contributed by atoms with E-state index in [0.29, 0.717) is 32.8 Å². The van der Waals surface area contributed by atoms with Crippen LogP contribution in [0.4, 0.5) is 0 Å². The van der Waals surface area contributed by atoms with E-state index in [1.807, 2.05) is 35.2 Å². The van der Waals surface area contributed by atoms with E-state index in [4.69, 9.17) is 4.74 Å². The lowest BCUT2D eigenvalue weighted by Crippen LogP contribution is -2.44. The molecule has 2 aliphatic heterocycles. The number of hydrogen-bond acceptors (Lipinski definition) is 5. The summed E-state index contributed by atoms with van der Waals surface area (Å²) in [6.07, 6.45) is 1.55. The Kier molecular flexibility index (Phi) is 6.86. The minimum Gasteiger partial charge on any atom is -0.383 e. The molecule has 0 saturated carbocycles. The fraction of sp³-hybridized carbons (Fsp3) is 0.632. The largest absolute Gasteiger partial charge is 0.383 e. The number of carbonyl (C=O) groups excluding carboxylic acids is 1. The third-order valence-corrected chi connectivity index (χ3v) is 7.20. The number of methoxy groups -OCH3 is 1. The second-order valence-electron chi connectivity index (χ2n) is 7.15. The van der Waals surface area contributed by atoms with Gasteiger partial charge in [0.2, 0.25) is 15.9 Å². The van der Waals surface area contributed by atoms with Crippen molar-refractivity contribution in [3.63, 3.8) is 0 Å². The highest BCUT2D eigenvalue weighted by molar-refractivity contribution is 7.88. The molecule has 2 aliphatic rings. The molecule has 2 fully saturated rings. The fourth-order valence-electron chi connectivity index (χ4n) is 3.86. The quantitative estimate of drug-likeness (QED) is 0.682. The van der Waals surface area contributed by atoms with Crippen molar-refractivity contribution in [3.8, 4) is 0 Å². The number of nitrogens with zero attached hydrogens (tertiary/aromatic N) is 3. The van der Waals surface area contributed by atoms with E-state index in [9.17, 15) is 13.2 Å². The summed E-state index contributed by atoms with van der Waals surface area (Å²) < 4.78 is 32.2. The van der Waals surface area contributed by atoms with Gasteiger partial charge in [-0.25, -0.2) is 12.7 Å². The van der Waals surface area contributed by atoms with Gasteiger partial charge in [-0.05, 0) is 18.4 Å². The zero-order valence-electron chi connectivity index (χ0n) is 15.9. The number of rotatable bonds is 7. The molecule has 3 rings (SSSR count). The third kappa shape index (κ3) is 5.07. The summed E-state index contributed by atoms with van der Waals surface area (Å²) in [5.41, 5.74) is 0.804. The molecular weight excluding hydrogens is 366 g/mol. The summed E-state index contributed by atoms with van der Waals surface area (Å²) in [6.45, 7) is 4.23. The Morgan fingerprint density at radius 3 is 2.59 bits per heavy atom. The molecule has 1 amide bonds. The first-order chi connectivity index (χ1) is 13.0. The molecule has 1 aromatic carbocycles. The highest BCUT2D eigenvalue weighted by Crippen LogP contribution is 2.20. The van der Waals surface area contributed by atoms with Crippen molar-refractivity contribution in [2.24, 2.45) is 0 Å². The molecule has 1 unspecified atom stereocenters. The van der Waals surface area contributed by atoms with Crippen molar-refractivity contribution in [1.82, 2.24) is 14.1 Å². The Labute approximate surface area is 161 Å². The SMILES string of the molecule is COCCN1CCC(N2CCCN(S(=O)(=O)Cc3ccccc3)CC2)C1=O. The normalized spacial score (nSPS) is 22.9. The minimum atomic E-state index is -3.35. The van der Waals surface area contributed by atoms with Gasteiger partial charge in [0.05, 0.1) is 18.4 Å². The predicted molar refractivity (Wildman–Crippen MR) is 104 cm³/mol. The zero-order valence-corrected chi connectivity index (χ0v) is 16.7. The fourth-order valence-corrected chi connectivity index (χ4v) is 5.43. The Hall–Kier alpha value is -1.48. The number of amides is 1. The van der Waals surface area contributed by atoms with Crippen LogP contribution in [0.25, 0.3) is 0 Å². The van der Waals surface area contributed by atoms with Crippen molar-refractivity contribution in [1.29, 1.82) is 0 Å². The molecule has 0 bridgehead atoms. The molecule has 2 saturated heterocycles. The van der Waals surface area contributed by atoms with Gasteiger partial charge in [-0.3, -0.25) is 9.69 Å². The number of sulfonamides is 1. The molecule has 0 spiro atoms. The van der Waals surface area contributed by atoms with Crippen LogP contribution in [0, 0.1) is 0 Å². The van der Waals surface area contributed by atoms with E-state index in [-0.39, 0.29) is 17.7 Å². The molecule has 1 atom stereocenters. The first-order valence-electron chi connectivity index (χ1n) is 9.55. The lowest BCUT2D eigenvalue weighted by atomic mass is 10.2. The Morgan fingerprint density at radius 2 is 1.85 bits per heavy atom. The Morgan fingerprint density at radius 1 is 1.07 bits per heavy atom. The topological polar surface area (TPSA) is 70.2 Å². The maximum absolute atomic E-state index is 12.8. The smallest absolute Gasteiger partial charge is 0.240 e. The van der Waals surface area contributed by atoms with Crippen LogP contribution >= 0.6 is 0 Å². The molecule has 8 heteroatoms. The van der Waals surface area contributed by atoms with E-state index in [1.54, 1.807) is 11.4 Å². The predicted octanol–water partition coefficient (Wildman–Crippen LogP) is 0.771. The van der Waals surface area contributed by atoms with E-state index >= 15 is 0 Å². The first kappa shape index (κ1) is 20.3. The Bertz CT molecular complexity index is 726. The van der Waals surface area contributed by atoms with Gasteiger partial charge in [0.1, 0.15) is 0 Å². The van der Waals surface area contributed by atoms with E-state index in [2.05, 4.69) is 4.90 Å². The average Bonchev–Trinajstić information content (AvgIpc) is 2.85. The van der Waals surface area contributed by atoms with Gasteiger partial charge in [-0.15, -0.1) is 0 Å². The lowest BCUT2D eigenvalue weighted by Gasteiger charge is -2.26. The maximum Gasteiger partial charge on any atom is 0.240 e. The highest BCUT2D eigenvalue weighted by Gasteiger charge is 2.37. The van der Waals surface area contributed by atoms with Crippen LogP contribution in [0.2, 0.25) is 0 Å². The van der Waals surface area contributed by atoms with Crippen LogP contribution < -0.4 is 0 Å². The zero-order chi connectivity index (χ0) is 19.3. The molecule has 1 aromatic rings. The van der Waals surface area contributed by atoms with Crippen molar-refractivity contribution in [2.45, 2.75) is 24.6 Å². The van der Waals surface area contributed by atoms with Gasteiger partial charge in [0.15, 0.2) is 0 Å². The molecular formula is C19H29N3O4S. The molecule has 0 aliphatic carbocycles. The second kappa shape index (κ2) is 9.14. The van der Waals surface area contributed by atoms with Gasteiger partial charge < -0.3 is 9.64 Å². The van der Waals surface area contributed by atoms with Crippen LogP contribution in [-0.2, 0) is 25.3 Å². The summed E-state index contributed by atoms with van der Waals surface area (Å²) >= 11 is 0. The van der Waals surface area contributed by atoms with Crippen LogP contribution in [0.5, 0.6) is 0 Å². The van der Waals surface area contributed by atoms with Gasteiger partial charge in [-0.1, -0.05) is 30.3 Å². The summed E-state index contributed by atoms with van der Waals surface area (Å²) in [7, 11) is -1.71. The van der Waals surface area contributed by atoms with E-state index < -0.39 is 10.0 Å². The standard InChI is InChI=1S/C19H29N3O4S/c1-26-15-14-21-11-8-18(19(21)23)20-9-5-10-22(13-12-20)27(24,25)16-17-6-3-2-4-7-17/h2-4,6-7,18H,5,8-16H2,1H3. The van der Waals surface area contributed by atoms with Gasteiger partial charge >= 0.3 is 0 Å². The molecule has 27 heavy (non-hydrogen) atoms. The molecule has 0 N–H and O–H groups in total. The average molecular weight is 396 g/mol. The molecule has 0 radical (unpaired) electrons. The van der Waals surface area contributed by atoms with Crippen molar-refractivity contribution in [2.75, 3.05) is 53.0 Å². The lowest BCUT2D eigenvalue weighted by molar-refractivity contribution is -0.132. The summed E-state index contributed by atoms with van der Waals surface area (Å²) in [5.74, 6) is 0.175. The molecule has 2 heterocycles. The van der Waals surface area contributed by atoms with Crippen LogP contribution in [0.15, 0.2) is 30.3 Å². The molecule has 150 valence electrons. The van der Waals surface area contributed by atoms with E-state index in [1.165, 1.54) is 0 Å².